The van der Waals surface area contributed by atoms with Crippen molar-refractivity contribution in [3.05, 3.63) is 65.2 Å². The fourth-order valence-electron chi connectivity index (χ4n) is 2.13. The van der Waals surface area contributed by atoms with E-state index in [1.54, 1.807) is 18.2 Å². The van der Waals surface area contributed by atoms with Crippen molar-refractivity contribution in [2.45, 2.75) is 13.0 Å². The summed E-state index contributed by atoms with van der Waals surface area (Å²) in [5.41, 5.74) is 1.01. The first kappa shape index (κ1) is 17.5. The molecule has 1 atom stereocenters. The second-order valence-corrected chi connectivity index (χ2v) is 5.34. The molecular weight excluding hydrogens is 310 g/mol. The Morgan fingerprint density at radius 2 is 1.83 bits per heavy atom. The lowest BCUT2D eigenvalue weighted by molar-refractivity contribution is 0.0689. The number of carbonyl (C=O) groups excluding carboxylic acids is 1. The van der Waals surface area contributed by atoms with Crippen LogP contribution in [0, 0.1) is 6.92 Å². The Balaban J connectivity index is 1.86. The molecule has 3 N–H and O–H groups in total. The van der Waals surface area contributed by atoms with Crippen molar-refractivity contribution in [3.63, 3.8) is 0 Å². The Morgan fingerprint density at radius 1 is 1.12 bits per heavy atom. The summed E-state index contributed by atoms with van der Waals surface area (Å²) in [5, 5.41) is 21.5. The summed E-state index contributed by atoms with van der Waals surface area (Å²) in [7, 11) is 0. The maximum atomic E-state index is 12.1. The molecule has 0 aliphatic rings. The number of carbonyl (C=O) groups is 2. The van der Waals surface area contributed by atoms with Crippen molar-refractivity contribution in [1.29, 1.82) is 0 Å². The number of hydrogen-bond donors (Lipinski definition) is 3. The van der Waals surface area contributed by atoms with Gasteiger partial charge in [0.15, 0.2) is 0 Å². The van der Waals surface area contributed by atoms with Crippen LogP contribution in [-0.4, -0.2) is 41.3 Å². The molecular formula is C18H19NO5. The molecule has 0 spiro atoms. The van der Waals surface area contributed by atoms with Crippen molar-refractivity contribution in [2.75, 3.05) is 13.2 Å². The van der Waals surface area contributed by atoms with Gasteiger partial charge < -0.3 is 20.3 Å². The molecule has 0 aromatic heterocycles. The lowest BCUT2D eigenvalue weighted by Crippen LogP contribution is -2.35. The molecule has 0 saturated carbocycles. The average Bonchev–Trinajstić information content (AvgIpc) is 2.58. The van der Waals surface area contributed by atoms with E-state index in [0.29, 0.717) is 5.75 Å². The largest absolute Gasteiger partial charge is 0.491 e. The van der Waals surface area contributed by atoms with E-state index < -0.39 is 18.0 Å². The van der Waals surface area contributed by atoms with Crippen LogP contribution in [0.5, 0.6) is 5.75 Å². The highest BCUT2D eigenvalue weighted by Crippen LogP contribution is 2.12. The summed E-state index contributed by atoms with van der Waals surface area (Å²) in [6.07, 6.45) is -0.911. The molecule has 0 saturated heterocycles. The minimum atomic E-state index is -1.18. The van der Waals surface area contributed by atoms with E-state index in [4.69, 9.17) is 9.84 Å². The Labute approximate surface area is 139 Å². The summed E-state index contributed by atoms with van der Waals surface area (Å²) < 4.78 is 5.45. The first-order chi connectivity index (χ1) is 11.5. The molecule has 6 heteroatoms. The molecule has 24 heavy (non-hydrogen) atoms. The molecule has 0 heterocycles. The number of hydrogen-bond acceptors (Lipinski definition) is 4. The van der Waals surface area contributed by atoms with Gasteiger partial charge in [0.2, 0.25) is 0 Å². The van der Waals surface area contributed by atoms with Crippen LogP contribution < -0.4 is 10.1 Å². The number of aryl methyl sites for hydroxylation is 1. The van der Waals surface area contributed by atoms with Crippen LogP contribution in [0.25, 0.3) is 0 Å². The Hall–Kier alpha value is -2.86. The summed E-state index contributed by atoms with van der Waals surface area (Å²) in [6, 6.07) is 13.3. The standard InChI is InChI=1S/C18H19NO5/c1-12-5-4-6-14(9-12)24-11-13(20)10-19-17(21)15-7-2-3-8-16(15)18(22)23/h2-9,13,20H,10-11H2,1H3,(H,19,21)(H,22,23)/t13-/m0/s1. The van der Waals surface area contributed by atoms with E-state index >= 15 is 0 Å². The number of ether oxygens (including phenoxy) is 1. The molecule has 0 fully saturated rings. The molecule has 1 amide bonds. The fourth-order valence-corrected chi connectivity index (χ4v) is 2.13. The number of aromatic carboxylic acids is 1. The number of carboxylic acids is 1. The number of aliphatic hydroxyl groups is 1. The molecule has 0 unspecified atom stereocenters. The molecule has 0 radical (unpaired) electrons. The van der Waals surface area contributed by atoms with Crippen molar-refractivity contribution in [3.8, 4) is 5.75 Å². The zero-order valence-electron chi connectivity index (χ0n) is 13.2. The molecule has 6 nitrogen and oxygen atoms in total. The Bertz CT molecular complexity index is 729. The third kappa shape index (κ3) is 4.82. The molecule has 0 aliphatic heterocycles. The zero-order valence-corrected chi connectivity index (χ0v) is 13.2. The van der Waals surface area contributed by atoms with Gasteiger partial charge in [0.05, 0.1) is 11.1 Å². The van der Waals surface area contributed by atoms with Crippen LogP contribution in [0.4, 0.5) is 0 Å². The highest BCUT2D eigenvalue weighted by Gasteiger charge is 2.16. The van der Waals surface area contributed by atoms with Crippen LogP contribution in [0.2, 0.25) is 0 Å². The van der Waals surface area contributed by atoms with E-state index in [-0.39, 0.29) is 24.3 Å². The summed E-state index contributed by atoms with van der Waals surface area (Å²) in [6.45, 7) is 1.91. The summed E-state index contributed by atoms with van der Waals surface area (Å²) in [4.78, 5) is 23.2. The summed E-state index contributed by atoms with van der Waals surface area (Å²) in [5.74, 6) is -1.09. The van der Waals surface area contributed by atoms with Gasteiger partial charge in [-0.15, -0.1) is 0 Å². The highest BCUT2D eigenvalue weighted by atomic mass is 16.5. The molecule has 126 valence electrons. The van der Waals surface area contributed by atoms with Crippen LogP contribution in [0.3, 0.4) is 0 Å². The second kappa shape index (κ2) is 8.12. The van der Waals surface area contributed by atoms with Crippen molar-refractivity contribution >= 4 is 11.9 Å². The third-order valence-electron chi connectivity index (χ3n) is 3.33. The molecule has 2 rings (SSSR count). The van der Waals surface area contributed by atoms with Crippen LogP contribution >= 0.6 is 0 Å². The average molecular weight is 329 g/mol. The van der Waals surface area contributed by atoms with Gasteiger partial charge in [0.1, 0.15) is 18.5 Å². The predicted molar refractivity (Wildman–Crippen MR) is 88.4 cm³/mol. The SMILES string of the molecule is Cc1cccc(OC[C@@H](O)CNC(=O)c2ccccc2C(=O)O)c1. The van der Waals surface area contributed by atoms with Gasteiger partial charge in [0.25, 0.3) is 5.91 Å². The van der Waals surface area contributed by atoms with Crippen molar-refractivity contribution < 1.29 is 24.5 Å². The number of rotatable bonds is 7. The first-order valence-electron chi connectivity index (χ1n) is 7.45. The highest BCUT2D eigenvalue weighted by molar-refractivity contribution is 6.04. The number of aliphatic hydroxyl groups excluding tert-OH is 1. The first-order valence-corrected chi connectivity index (χ1v) is 7.45. The van der Waals surface area contributed by atoms with Gasteiger partial charge in [-0.3, -0.25) is 4.79 Å². The van der Waals surface area contributed by atoms with Crippen molar-refractivity contribution in [2.24, 2.45) is 0 Å². The minimum Gasteiger partial charge on any atom is -0.491 e. The van der Waals surface area contributed by atoms with E-state index in [2.05, 4.69) is 5.32 Å². The normalized spacial score (nSPS) is 11.6. The maximum absolute atomic E-state index is 12.1. The topological polar surface area (TPSA) is 95.9 Å². The summed E-state index contributed by atoms with van der Waals surface area (Å²) >= 11 is 0. The monoisotopic (exact) mass is 329 g/mol. The van der Waals surface area contributed by atoms with Gasteiger partial charge in [0, 0.05) is 6.54 Å². The zero-order chi connectivity index (χ0) is 17.5. The quantitative estimate of drug-likeness (QED) is 0.720. The number of benzene rings is 2. The Kier molecular flexibility index (Phi) is 5.92. The van der Waals surface area contributed by atoms with Gasteiger partial charge in [-0.05, 0) is 36.8 Å². The third-order valence-corrected chi connectivity index (χ3v) is 3.33. The maximum Gasteiger partial charge on any atom is 0.336 e. The number of nitrogens with one attached hydrogen (secondary N) is 1. The Morgan fingerprint density at radius 3 is 2.50 bits per heavy atom. The van der Waals surface area contributed by atoms with Crippen LogP contribution in [-0.2, 0) is 0 Å². The van der Waals surface area contributed by atoms with Gasteiger partial charge in [-0.25, -0.2) is 4.79 Å². The second-order valence-electron chi connectivity index (χ2n) is 5.34. The smallest absolute Gasteiger partial charge is 0.336 e. The van der Waals surface area contributed by atoms with Crippen LogP contribution in [0.1, 0.15) is 26.3 Å². The molecule has 0 bridgehead atoms. The van der Waals surface area contributed by atoms with E-state index in [1.165, 1.54) is 12.1 Å². The van der Waals surface area contributed by atoms with E-state index in [1.807, 2.05) is 25.1 Å². The van der Waals surface area contributed by atoms with Crippen molar-refractivity contribution in [1.82, 2.24) is 5.32 Å². The van der Waals surface area contributed by atoms with Crippen LogP contribution in [0.15, 0.2) is 48.5 Å². The van der Waals surface area contributed by atoms with E-state index in [0.717, 1.165) is 5.56 Å². The molecule has 0 aliphatic carbocycles. The van der Waals surface area contributed by atoms with E-state index in [9.17, 15) is 14.7 Å². The molecule has 2 aromatic carbocycles. The van der Waals surface area contributed by atoms with Gasteiger partial charge in [-0.1, -0.05) is 24.3 Å². The minimum absolute atomic E-state index is 0.0182. The van der Waals surface area contributed by atoms with Gasteiger partial charge in [-0.2, -0.15) is 0 Å². The molecule has 2 aromatic rings. The fraction of sp³-hybridized carbons (Fsp3) is 0.222. The number of amides is 1. The lowest BCUT2D eigenvalue weighted by atomic mass is 10.1. The lowest BCUT2D eigenvalue weighted by Gasteiger charge is -2.14. The predicted octanol–water partition coefficient (Wildman–Crippen LogP) is 1.86. The van der Waals surface area contributed by atoms with Gasteiger partial charge >= 0.3 is 5.97 Å². The number of carboxylic acid groups (broad SMARTS) is 1.